The van der Waals surface area contributed by atoms with Gasteiger partial charge in [-0.2, -0.15) is 0 Å². The number of hydrazine groups is 1. The summed E-state index contributed by atoms with van der Waals surface area (Å²) in [7, 11) is 1.80. The molecule has 5 heteroatoms. The van der Waals surface area contributed by atoms with Crippen LogP contribution in [0.1, 0.15) is 0 Å². The first-order valence-corrected chi connectivity index (χ1v) is 6.57. The number of pyridine rings is 3. The van der Waals surface area contributed by atoms with Crippen LogP contribution in [0.25, 0.3) is 22.6 Å². The lowest BCUT2D eigenvalue weighted by Gasteiger charge is -2.18. The Balaban J connectivity index is 2.28. The van der Waals surface area contributed by atoms with E-state index in [1.54, 1.807) is 30.6 Å². The van der Waals surface area contributed by atoms with Crippen molar-refractivity contribution in [3.05, 3.63) is 61.1 Å². The Morgan fingerprint density at radius 1 is 0.810 bits per heavy atom. The lowest BCUT2D eigenvalue weighted by atomic mass is 10.0. The van der Waals surface area contributed by atoms with Crippen LogP contribution in [0.5, 0.6) is 0 Å². The smallest absolute Gasteiger partial charge is 0.100 e. The van der Waals surface area contributed by atoms with E-state index in [0.29, 0.717) is 0 Å². The molecule has 0 bridgehead atoms. The Hall–Kier alpha value is -2.79. The monoisotopic (exact) mass is 277 g/mol. The van der Waals surface area contributed by atoms with Crippen LogP contribution in [0.4, 0.5) is 5.69 Å². The zero-order valence-electron chi connectivity index (χ0n) is 11.6. The third kappa shape index (κ3) is 2.59. The molecule has 2 N–H and O–H groups in total. The maximum absolute atomic E-state index is 5.96. The van der Waals surface area contributed by atoms with Crippen LogP contribution in [-0.2, 0) is 0 Å². The van der Waals surface area contributed by atoms with Gasteiger partial charge in [-0.25, -0.2) is 5.84 Å². The SMILES string of the molecule is CN(N)c1ccnc(-c2ccccn2)c1-c1ccccn1. The molecule has 104 valence electrons. The molecular formula is C16H15N5. The maximum atomic E-state index is 5.96. The molecular weight excluding hydrogens is 262 g/mol. The number of nitrogens with two attached hydrogens (primary N) is 1. The molecule has 21 heavy (non-hydrogen) atoms. The molecule has 0 aliphatic rings. The fourth-order valence-electron chi connectivity index (χ4n) is 2.21. The van der Waals surface area contributed by atoms with Crippen molar-refractivity contribution in [2.45, 2.75) is 0 Å². The van der Waals surface area contributed by atoms with E-state index < -0.39 is 0 Å². The Bertz CT molecular complexity index is 726. The van der Waals surface area contributed by atoms with Gasteiger partial charge < -0.3 is 5.01 Å². The third-order valence-corrected chi connectivity index (χ3v) is 3.14. The van der Waals surface area contributed by atoms with Crippen LogP contribution in [-0.4, -0.2) is 22.0 Å². The Kier molecular flexibility index (Phi) is 3.57. The number of rotatable bonds is 3. The van der Waals surface area contributed by atoms with Gasteiger partial charge in [-0.1, -0.05) is 12.1 Å². The van der Waals surface area contributed by atoms with E-state index in [4.69, 9.17) is 5.84 Å². The zero-order valence-corrected chi connectivity index (χ0v) is 11.6. The summed E-state index contributed by atoms with van der Waals surface area (Å²) in [5.74, 6) is 5.96. The van der Waals surface area contributed by atoms with Crippen molar-refractivity contribution in [1.82, 2.24) is 15.0 Å². The first-order chi connectivity index (χ1) is 10.3. The number of nitrogens with zero attached hydrogens (tertiary/aromatic N) is 4. The fraction of sp³-hybridized carbons (Fsp3) is 0.0625. The van der Waals surface area contributed by atoms with Crippen LogP contribution in [0.2, 0.25) is 0 Å². The van der Waals surface area contributed by atoms with E-state index in [2.05, 4.69) is 15.0 Å². The molecule has 0 aliphatic heterocycles. The summed E-state index contributed by atoms with van der Waals surface area (Å²) >= 11 is 0. The molecule has 0 saturated carbocycles. The van der Waals surface area contributed by atoms with Gasteiger partial charge in [0.2, 0.25) is 0 Å². The third-order valence-electron chi connectivity index (χ3n) is 3.14. The summed E-state index contributed by atoms with van der Waals surface area (Å²) in [6.45, 7) is 0. The van der Waals surface area contributed by atoms with Crippen LogP contribution in [0.3, 0.4) is 0 Å². The average molecular weight is 277 g/mol. The zero-order chi connectivity index (χ0) is 14.7. The van der Waals surface area contributed by atoms with Crippen molar-refractivity contribution in [1.29, 1.82) is 0 Å². The Morgan fingerprint density at radius 2 is 1.48 bits per heavy atom. The van der Waals surface area contributed by atoms with Crippen molar-refractivity contribution in [3.63, 3.8) is 0 Å². The molecule has 0 radical (unpaired) electrons. The van der Waals surface area contributed by atoms with Crippen LogP contribution < -0.4 is 10.9 Å². The van der Waals surface area contributed by atoms with E-state index in [0.717, 1.165) is 28.3 Å². The van der Waals surface area contributed by atoms with E-state index in [9.17, 15) is 0 Å². The molecule has 0 atom stereocenters. The Labute approximate surface area is 123 Å². The minimum atomic E-state index is 0.768. The van der Waals surface area contributed by atoms with Crippen molar-refractivity contribution in [2.24, 2.45) is 5.84 Å². The molecule has 0 aromatic carbocycles. The highest BCUT2D eigenvalue weighted by Gasteiger charge is 2.16. The second-order valence-electron chi connectivity index (χ2n) is 4.59. The van der Waals surface area contributed by atoms with E-state index in [-0.39, 0.29) is 0 Å². The van der Waals surface area contributed by atoms with Gasteiger partial charge in [0, 0.05) is 25.6 Å². The number of anilines is 1. The highest BCUT2D eigenvalue weighted by Crippen LogP contribution is 2.35. The molecule has 0 amide bonds. The van der Waals surface area contributed by atoms with Crippen LogP contribution in [0.15, 0.2) is 61.1 Å². The van der Waals surface area contributed by atoms with E-state index in [1.807, 2.05) is 42.5 Å². The number of hydrogen-bond acceptors (Lipinski definition) is 5. The van der Waals surface area contributed by atoms with Crippen molar-refractivity contribution < 1.29 is 0 Å². The van der Waals surface area contributed by atoms with Gasteiger partial charge in [0.1, 0.15) is 5.69 Å². The molecule has 3 rings (SSSR count). The molecule has 3 aromatic rings. The van der Waals surface area contributed by atoms with Gasteiger partial charge in [-0.05, 0) is 30.3 Å². The Morgan fingerprint density at radius 3 is 2.05 bits per heavy atom. The standard InChI is InChI=1S/C16H15N5/c1-21(17)14-8-11-20-16(13-7-3-5-10-19-13)15(14)12-6-2-4-9-18-12/h2-11H,17H2,1H3. The molecule has 0 aliphatic carbocycles. The van der Waals surface area contributed by atoms with Gasteiger partial charge in [-0.15, -0.1) is 0 Å². The molecule has 3 aromatic heterocycles. The molecule has 0 spiro atoms. The molecule has 0 unspecified atom stereocenters. The summed E-state index contributed by atoms with van der Waals surface area (Å²) in [5.41, 5.74) is 4.11. The molecule has 0 fully saturated rings. The minimum absolute atomic E-state index is 0.768. The molecule has 0 saturated heterocycles. The lowest BCUT2D eigenvalue weighted by Crippen LogP contribution is -2.26. The van der Waals surface area contributed by atoms with Crippen molar-refractivity contribution in [2.75, 3.05) is 12.1 Å². The fourth-order valence-corrected chi connectivity index (χ4v) is 2.21. The van der Waals surface area contributed by atoms with Crippen LogP contribution in [0, 0.1) is 0 Å². The highest BCUT2D eigenvalue weighted by atomic mass is 15.4. The second-order valence-corrected chi connectivity index (χ2v) is 4.59. The average Bonchev–Trinajstić information content (AvgIpc) is 2.55. The van der Waals surface area contributed by atoms with Gasteiger partial charge in [0.05, 0.1) is 22.6 Å². The highest BCUT2D eigenvalue weighted by molar-refractivity contribution is 5.87. The summed E-state index contributed by atoms with van der Waals surface area (Å²) in [6, 6.07) is 13.4. The first kappa shape index (κ1) is 13.2. The maximum Gasteiger partial charge on any atom is 0.100 e. The predicted octanol–water partition coefficient (Wildman–Crippen LogP) is 2.52. The topological polar surface area (TPSA) is 67.9 Å². The summed E-state index contributed by atoms with van der Waals surface area (Å²) < 4.78 is 0. The quantitative estimate of drug-likeness (QED) is 0.588. The van der Waals surface area contributed by atoms with E-state index >= 15 is 0 Å². The summed E-state index contributed by atoms with van der Waals surface area (Å²) in [6.07, 6.45) is 5.23. The predicted molar refractivity (Wildman–Crippen MR) is 83.3 cm³/mol. The van der Waals surface area contributed by atoms with Gasteiger partial charge in [0.15, 0.2) is 0 Å². The molecule has 3 heterocycles. The molecule has 5 nitrogen and oxygen atoms in total. The summed E-state index contributed by atoms with van der Waals surface area (Å²) in [4.78, 5) is 13.3. The lowest BCUT2D eigenvalue weighted by molar-refractivity contribution is 1.01. The van der Waals surface area contributed by atoms with Crippen molar-refractivity contribution in [3.8, 4) is 22.6 Å². The first-order valence-electron chi connectivity index (χ1n) is 6.57. The largest absolute Gasteiger partial charge is 0.313 e. The minimum Gasteiger partial charge on any atom is -0.313 e. The normalized spacial score (nSPS) is 10.4. The van der Waals surface area contributed by atoms with Gasteiger partial charge >= 0.3 is 0 Å². The van der Waals surface area contributed by atoms with Crippen LogP contribution >= 0.6 is 0 Å². The van der Waals surface area contributed by atoms with Crippen molar-refractivity contribution >= 4 is 5.69 Å². The second kappa shape index (κ2) is 5.68. The number of hydrogen-bond donors (Lipinski definition) is 1. The van der Waals surface area contributed by atoms with Gasteiger partial charge in [0.25, 0.3) is 0 Å². The number of aromatic nitrogens is 3. The van der Waals surface area contributed by atoms with E-state index in [1.165, 1.54) is 0 Å². The van der Waals surface area contributed by atoms with Gasteiger partial charge in [-0.3, -0.25) is 15.0 Å². The summed E-state index contributed by atoms with van der Waals surface area (Å²) in [5, 5.41) is 1.57.